The van der Waals surface area contributed by atoms with E-state index in [2.05, 4.69) is 22.8 Å². The van der Waals surface area contributed by atoms with Crippen LogP contribution in [0.4, 0.5) is 0 Å². The molecule has 0 atom stereocenters. The lowest BCUT2D eigenvalue weighted by molar-refractivity contribution is -0.136. The lowest BCUT2D eigenvalue weighted by atomic mass is 10.2. The van der Waals surface area contributed by atoms with Gasteiger partial charge >= 0.3 is 5.97 Å². The maximum atomic E-state index is 12.0. The van der Waals surface area contributed by atoms with E-state index in [-0.39, 0.29) is 17.6 Å². The molecule has 2 aromatic rings. The molecule has 0 bridgehead atoms. The Morgan fingerprint density at radius 3 is 3.00 bits per heavy atom. The first-order valence-corrected chi connectivity index (χ1v) is 5.34. The molecule has 0 spiro atoms. The maximum absolute atomic E-state index is 12.0. The first kappa shape index (κ1) is 11.9. The molecule has 0 N–H and O–H groups in total. The molecular weight excluding hydrogens is 232 g/mol. The van der Waals surface area contributed by atoms with Crippen LogP contribution in [0.3, 0.4) is 0 Å². The Labute approximate surface area is 103 Å². The van der Waals surface area contributed by atoms with Crippen LogP contribution in [-0.2, 0) is 9.53 Å². The van der Waals surface area contributed by atoms with Crippen molar-refractivity contribution in [2.45, 2.75) is 6.92 Å². The van der Waals surface area contributed by atoms with E-state index in [1.807, 2.05) is 0 Å². The van der Waals surface area contributed by atoms with Crippen LogP contribution < -0.4 is 5.43 Å². The predicted molar refractivity (Wildman–Crippen MR) is 64.8 cm³/mol. The fourth-order valence-electron chi connectivity index (χ4n) is 1.39. The van der Waals surface area contributed by atoms with Gasteiger partial charge in [-0.1, -0.05) is 12.1 Å². The van der Waals surface area contributed by atoms with E-state index >= 15 is 0 Å². The summed E-state index contributed by atoms with van der Waals surface area (Å²) in [5.74, 6) is 3.92. The molecule has 4 nitrogen and oxygen atoms in total. The first-order chi connectivity index (χ1) is 8.72. The lowest BCUT2D eigenvalue weighted by Gasteiger charge is -1.95. The van der Waals surface area contributed by atoms with E-state index in [4.69, 9.17) is 4.42 Å². The van der Waals surface area contributed by atoms with E-state index in [1.54, 1.807) is 31.2 Å². The third-order valence-electron chi connectivity index (χ3n) is 2.19. The fraction of sp³-hybridized carbons (Fsp3) is 0.143. The van der Waals surface area contributed by atoms with Gasteiger partial charge in [-0.05, 0) is 25.0 Å². The van der Waals surface area contributed by atoms with Gasteiger partial charge in [0.25, 0.3) is 0 Å². The van der Waals surface area contributed by atoms with Crippen LogP contribution in [0.25, 0.3) is 11.0 Å². The number of carbonyl (C=O) groups is 1. The highest BCUT2D eigenvalue weighted by atomic mass is 16.5. The molecule has 18 heavy (non-hydrogen) atoms. The van der Waals surface area contributed by atoms with Crippen molar-refractivity contribution in [1.29, 1.82) is 0 Å². The Hall–Kier alpha value is -2.54. The molecule has 4 heteroatoms. The Bertz CT molecular complexity index is 701. The van der Waals surface area contributed by atoms with E-state index in [9.17, 15) is 9.59 Å². The van der Waals surface area contributed by atoms with Gasteiger partial charge < -0.3 is 9.15 Å². The van der Waals surface area contributed by atoms with E-state index < -0.39 is 5.97 Å². The minimum absolute atomic E-state index is 0.0155. The molecule has 1 aromatic heterocycles. The molecule has 0 saturated carbocycles. The highest BCUT2D eigenvalue weighted by Crippen LogP contribution is 2.09. The summed E-state index contributed by atoms with van der Waals surface area (Å²) < 4.78 is 9.77. The summed E-state index contributed by atoms with van der Waals surface area (Å²) in [5, 5.41) is 0.407. The van der Waals surface area contributed by atoms with Crippen LogP contribution in [0.2, 0.25) is 0 Å². The summed E-state index contributed by atoms with van der Waals surface area (Å²) in [6.07, 6.45) is 2.41. The summed E-state index contributed by atoms with van der Waals surface area (Å²) >= 11 is 0. The van der Waals surface area contributed by atoms with Gasteiger partial charge in [0, 0.05) is 5.92 Å². The summed E-state index contributed by atoms with van der Waals surface area (Å²) in [7, 11) is 0. The average Bonchev–Trinajstić information content (AvgIpc) is 2.39. The first-order valence-electron chi connectivity index (χ1n) is 5.34. The maximum Gasteiger partial charge on any atom is 0.384 e. The number of ether oxygens (including phenoxy) is 1. The second-order valence-electron chi connectivity index (χ2n) is 3.37. The molecule has 1 radical (unpaired) electrons. The molecule has 0 aliphatic carbocycles. The number of hydrogen-bond acceptors (Lipinski definition) is 4. The predicted octanol–water partition coefficient (Wildman–Crippen LogP) is 1.51. The third kappa shape index (κ3) is 2.41. The molecule has 0 fully saturated rings. The SMILES string of the molecule is CCOC(=O)C#Cc1[c]oc2ccccc2c1=O. The van der Waals surface area contributed by atoms with Gasteiger partial charge in [0.1, 0.15) is 11.1 Å². The van der Waals surface area contributed by atoms with E-state index in [0.29, 0.717) is 11.0 Å². The second-order valence-corrected chi connectivity index (χ2v) is 3.37. The number of hydrogen-bond donors (Lipinski definition) is 0. The molecule has 2 rings (SSSR count). The van der Waals surface area contributed by atoms with Crippen molar-refractivity contribution >= 4 is 16.9 Å². The lowest BCUT2D eigenvalue weighted by Crippen LogP contribution is -2.06. The third-order valence-corrected chi connectivity index (χ3v) is 2.19. The zero-order chi connectivity index (χ0) is 13.0. The van der Waals surface area contributed by atoms with Gasteiger partial charge in [0.05, 0.1) is 12.0 Å². The topological polar surface area (TPSA) is 56.5 Å². The largest absolute Gasteiger partial charge is 0.456 e. The van der Waals surface area contributed by atoms with Crippen LogP contribution in [-0.4, -0.2) is 12.6 Å². The van der Waals surface area contributed by atoms with Gasteiger partial charge in [-0.25, -0.2) is 4.79 Å². The van der Waals surface area contributed by atoms with Gasteiger partial charge in [0.2, 0.25) is 5.43 Å². The van der Waals surface area contributed by atoms with E-state index in [0.717, 1.165) is 0 Å². The van der Waals surface area contributed by atoms with Crippen LogP contribution in [0.1, 0.15) is 12.5 Å². The highest BCUT2D eigenvalue weighted by molar-refractivity contribution is 5.89. The molecule has 0 unspecified atom stereocenters. The molecule has 89 valence electrons. The standard InChI is InChI=1S/C14H9O4/c1-2-17-13(15)8-7-10-9-18-12-6-4-3-5-11(12)14(10)16/h3-6H,2H2,1H3. The minimum atomic E-state index is -0.682. The monoisotopic (exact) mass is 241 g/mol. The number of para-hydroxylation sites is 1. The van der Waals surface area contributed by atoms with Crippen molar-refractivity contribution in [3.63, 3.8) is 0 Å². The average molecular weight is 241 g/mol. The number of carbonyl (C=O) groups excluding carboxylic acids is 1. The van der Waals surface area contributed by atoms with Crippen molar-refractivity contribution < 1.29 is 13.9 Å². The molecule has 1 aromatic carbocycles. The normalized spacial score (nSPS) is 9.61. The Morgan fingerprint density at radius 2 is 2.22 bits per heavy atom. The van der Waals surface area contributed by atoms with Gasteiger partial charge in [0.15, 0.2) is 6.26 Å². The van der Waals surface area contributed by atoms with Crippen molar-refractivity contribution in [2.75, 3.05) is 6.61 Å². The minimum Gasteiger partial charge on any atom is -0.456 e. The number of rotatable bonds is 1. The van der Waals surface area contributed by atoms with Gasteiger partial charge in [-0.3, -0.25) is 4.79 Å². The fourth-order valence-corrected chi connectivity index (χ4v) is 1.39. The second kappa shape index (κ2) is 5.19. The molecule has 0 amide bonds. The number of fused-ring (bicyclic) bond motifs is 1. The number of esters is 1. The summed E-state index contributed by atoms with van der Waals surface area (Å²) in [6, 6.07) is 6.77. The zero-order valence-electron chi connectivity index (χ0n) is 9.65. The highest BCUT2D eigenvalue weighted by Gasteiger charge is 2.05. The Balaban J connectivity index is 2.44. The van der Waals surface area contributed by atoms with Crippen LogP contribution >= 0.6 is 0 Å². The zero-order valence-corrected chi connectivity index (χ0v) is 9.65. The number of benzene rings is 1. The van der Waals surface area contributed by atoms with Gasteiger partial charge in [-0.15, -0.1) is 0 Å². The quantitative estimate of drug-likeness (QED) is 0.561. The van der Waals surface area contributed by atoms with Crippen molar-refractivity contribution in [3.8, 4) is 11.8 Å². The van der Waals surface area contributed by atoms with Crippen LogP contribution in [0, 0.1) is 18.1 Å². The molecule has 1 heterocycles. The summed E-state index contributed by atoms with van der Waals surface area (Å²) in [4.78, 5) is 23.0. The smallest absolute Gasteiger partial charge is 0.384 e. The summed E-state index contributed by atoms with van der Waals surface area (Å²) in [5.41, 5.74) is 0.139. The van der Waals surface area contributed by atoms with Crippen molar-refractivity contribution in [2.24, 2.45) is 0 Å². The Kier molecular flexibility index (Phi) is 3.44. The summed E-state index contributed by atoms with van der Waals surface area (Å²) in [6.45, 7) is 1.92. The molecule has 0 aliphatic rings. The Morgan fingerprint density at radius 1 is 1.44 bits per heavy atom. The molecular formula is C14H9O4. The van der Waals surface area contributed by atoms with Crippen molar-refractivity contribution in [1.82, 2.24) is 0 Å². The van der Waals surface area contributed by atoms with Crippen molar-refractivity contribution in [3.05, 3.63) is 46.3 Å². The molecule has 0 saturated heterocycles. The molecule has 0 aliphatic heterocycles. The van der Waals surface area contributed by atoms with Gasteiger partial charge in [-0.2, -0.15) is 0 Å². The van der Waals surface area contributed by atoms with E-state index in [1.165, 1.54) is 0 Å². The van der Waals surface area contributed by atoms with Crippen LogP contribution in [0.15, 0.2) is 33.5 Å². The van der Waals surface area contributed by atoms with Crippen LogP contribution in [0.5, 0.6) is 0 Å².